The van der Waals surface area contributed by atoms with Gasteiger partial charge in [-0.15, -0.1) is 0 Å². The Labute approximate surface area is 155 Å². The molecule has 26 heavy (non-hydrogen) atoms. The van der Waals surface area contributed by atoms with Crippen molar-refractivity contribution in [3.05, 3.63) is 47.4 Å². The highest BCUT2D eigenvalue weighted by Gasteiger charge is 2.19. The monoisotopic (exact) mass is 354 g/mol. The van der Waals surface area contributed by atoms with Gasteiger partial charge in [-0.2, -0.15) is 0 Å². The predicted octanol–water partition coefficient (Wildman–Crippen LogP) is 4.33. The fourth-order valence-corrected chi connectivity index (χ4v) is 3.47. The van der Waals surface area contributed by atoms with Crippen LogP contribution in [0.1, 0.15) is 31.0 Å². The molecule has 0 saturated carbocycles. The Morgan fingerprint density at radius 3 is 2.88 bits per heavy atom. The second-order valence-corrected chi connectivity index (χ2v) is 7.01. The molecule has 1 fully saturated rings. The quantitative estimate of drug-likeness (QED) is 0.868. The second-order valence-electron chi connectivity index (χ2n) is 7.01. The number of piperidine rings is 1. The smallest absolute Gasteiger partial charge is 0.113 e. The summed E-state index contributed by atoms with van der Waals surface area (Å²) in [6.07, 6.45) is 6.77. The molecule has 1 unspecified atom stereocenters. The van der Waals surface area contributed by atoms with Gasteiger partial charge in [0.1, 0.15) is 6.17 Å². The van der Waals surface area contributed by atoms with Gasteiger partial charge >= 0.3 is 0 Å². The van der Waals surface area contributed by atoms with Gasteiger partial charge in [-0.1, -0.05) is 11.6 Å². The summed E-state index contributed by atoms with van der Waals surface area (Å²) in [5.41, 5.74) is 6.26. The molecular weight excluding hydrogens is 327 g/mol. The number of pyridine rings is 2. The first-order valence-corrected chi connectivity index (χ1v) is 9.20. The molecule has 4 nitrogen and oxygen atoms in total. The predicted molar refractivity (Wildman–Crippen MR) is 106 cm³/mol. The van der Waals surface area contributed by atoms with Gasteiger partial charge in [0.25, 0.3) is 0 Å². The number of nitrogens with one attached hydrogen (secondary N) is 1. The zero-order valence-electron chi connectivity index (χ0n) is 15.8. The molecule has 2 aromatic rings. The van der Waals surface area contributed by atoms with Crippen LogP contribution in [-0.4, -0.2) is 47.7 Å². The van der Waals surface area contributed by atoms with Crippen molar-refractivity contribution in [2.24, 2.45) is 0 Å². The first-order chi connectivity index (χ1) is 12.6. The minimum absolute atomic E-state index is 0.539. The number of hydrogen-bond acceptors (Lipinski definition) is 4. The van der Waals surface area contributed by atoms with Crippen LogP contribution in [0.25, 0.3) is 17.3 Å². The summed E-state index contributed by atoms with van der Waals surface area (Å²) >= 11 is 0. The van der Waals surface area contributed by atoms with Crippen molar-refractivity contribution in [2.45, 2.75) is 32.9 Å². The molecule has 0 radical (unpaired) electrons. The molecule has 1 aliphatic rings. The fraction of sp³-hybridized carbons (Fsp3) is 0.429. The van der Waals surface area contributed by atoms with E-state index in [1.807, 2.05) is 44.6 Å². The largest absolute Gasteiger partial charge is 0.387 e. The minimum atomic E-state index is -0.692. The van der Waals surface area contributed by atoms with Gasteiger partial charge in [-0.3, -0.25) is 14.9 Å². The van der Waals surface area contributed by atoms with Crippen LogP contribution in [0.5, 0.6) is 0 Å². The molecule has 1 atom stereocenters. The number of anilines is 1. The van der Waals surface area contributed by atoms with Gasteiger partial charge < -0.3 is 5.32 Å². The highest BCUT2D eigenvalue weighted by molar-refractivity contribution is 5.75. The average Bonchev–Trinajstić information content (AvgIpc) is 2.63. The van der Waals surface area contributed by atoms with E-state index in [4.69, 9.17) is 0 Å². The van der Waals surface area contributed by atoms with Crippen molar-refractivity contribution in [1.29, 1.82) is 0 Å². The summed E-state index contributed by atoms with van der Waals surface area (Å²) in [4.78, 5) is 11.2. The standard InChI is InChI=1S/C21H27FN4/c1-15(13-26-10-4-5-17(22)14-26)11-20-16(2)24-9-8-19(20)21-7-6-18(23-3)12-25-21/h6-9,11-12,17,23H,4-5,10,13-14H2,1-3H3/b15-11+. The maximum atomic E-state index is 13.6. The SMILES string of the molecule is CNc1ccc(-c2ccnc(C)c2/C=C(\C)CN2CCCC(F)C2)nc1. The number of alkyl halides is 1. The molecular formula is C21H27FN4. The Hall–Kier alpha value is -2.27. The van der Waals surface area contributed by atoms with Crippen LogP contribution in [0.2, 0.25) is 0 Å². The van der Waals surface area contributed by atoms with Gasteiger partial charge in [0.15, 0.2) is 0 Å². The number of aromatic nitrogens is 2. The third kappa shape index (κ3) is 4.47. The third-order valence-electron chi connectivity index (χ3n) is 4.83. The van der Waals surface area contributed by atoms with Crippen LogP contribution < -0.4 is 5.32 Å². The molecule has 0 aliphatic carbocycles. The molecule has 3 rings (SSSR count). The average molecular weight is 354 g/mol. The Bertz CT molecular complexity index is 770. The molecule has 0 aromatic carbocycles. The van der Waals surface area contributed by atoms with Crippen LogP contribution >= 0.6 is 0 Å². The van der Waals surface area contributed by atoms with Gasteiger partial charge in [0.2, 0.25) is 0 Å². The van der Waals surface area contributed by atoms with Gasteiger partial charge in [-0.25, -0.2) is 4.39 Å². The molecule has 5 heteroatoms. The van der Waals surface area contributed by atoms with Crippen molar-refractivity contribution in [3.63, 3.8) is 0 Å². The summed E-state index contributed by atoms with van der Waals surface area (Å²) in [5, 5.41) is 3.09. The summed E-state index contributed by atoms with van der Waals surface area (Å²) in [7, 11) is 1.88. The molecule has 3 heterocycles. The Balaban J connectivity index is 1.86. The Morgan fingerprint density at radius 2 is 2.19 bits per heavy atom. The number of nitrogens with zero attached hydrogens (tertiary/aromatic N) is 3. The van der Waals surface area contributed by atoms with Crippen molar-refractivity contribution < 1.29 is 4.39 Å². The second kappa shape index (κ2) is 8.41. The van der Waals surface area contributed by atoms with Gasteiger partial charge in [0, 0.05) is 43.2 Å². The first-order valence-electron chi connectivity index (χ1n) is 9.20. The third-order valence-corrected chi connectivity index (χ3v) is 4.83. The van der Waals surface area contributed by atoms with E-state index >= 15 is 0 Å². The molecule has 1 saturated heterocycles. The summed E-state index contributed by atoms with van der Waals surface area (Å²) < 4.78 is 13.6. The van der Waals surface area contributed by atoms with E-state index in [9.17, 15) is 4.39 Å². The number of halogens is 1. The molecule has 0 bridgehead atoms. The van der Waals surface area contributed by atoms with E-state index in [0.717, 1.165) is 47.7 Å². The van der Waals surface area contributed by atoms with Crippen LogP contribution in [0.15, 0.2) is 36.2 Å². The highest BCUT2D eigenvalue weighted by atomic mass is 19.1. The summed E-state index contributed by atoms with van der Waals surface area (Å²) in [6, 6.07) is 6.05. The molecule has 2 aromatic heterocycles. The number of rotatable bonds is 5. The molecule has 0 spiro atoms. The zero-order chi connectivity index (χ0) is 18.5. The van der Waals surface area contributed by atoms with Gasteiger partial charge in [0.05, 0.1) is 17.6 Å². The molecule has 138 valence electrons. The minimum Gasteiger partial charge on any atom is -0.387 e. The van der Waals surface area contributed by atoms with Crippen LogP contribution in [-0.2, 0) is 0 Å². The Morgan fingerprint density at radius 1 is 1.35 bits per heavy atom. The molecule has 1 aliphatic heterocycles. The number of aryl methyl sites for hydroxylation is 1. The Kier molecular flexibility index (Phi) is 5.99. The van der Waals surface area contributed by atoms with Crippen LogP contribution in [0, 0.1) is 6.92 Å². The van der Waals surface area contributed by atoms with E-state index in [2.05, 4.69) is 33.2 Å². The lowest BCUT2D eigenvalue weighted by molar-refractivity contribution is 0.148. The fourth-order valence-electron chi connectivity index (χ4n) is 3.47. The van der Waals surface area contributed by atoms with E-state index in [0.29, 0.717) is 13.0 Å². The highest BCUT2D eigenvalue weighted by Crippen LogP contribution is 2.27. The topological polar surface area (TPSA) is 41.1 Å². The maximum absolute atomic E-state index is 13.6. The molecule has 0 amide bonds. The van der Waals surface area contributed by atoms with Crippen molar-refractivity contribution in [1.82, 2.24) is 14.9 Å². The maximum Gasteiger partial charge on any atom is 0.113 e. The lowest BCUT2D eigenvalue weighted by Crippen LogP contribution is -2.37. The number of hydrogen-bond donors (Lipinski definition) is 1. The van der Waals surface area contributed by atoms with Crippen LogP contribution in [0.3, 0.4) is 0 Å². The van der Waals surface area contributed by atoms with E-state index in [1.165, 1.54) is 5.57 Å². The van der Waals surface area contributed by atoms with Crippen molar-refractivity contribution in [2.75, 3.05) is 32.0 Å². The molecule has 1 N–H and O–H groups in total. The van der Waals surface area contributed by atoms with E-state index in [-0.39, 0.29) is 0 Å². The first kappa shape index (κ1) is 18.5. The summed E-state index contributed by atoms with van der Waals surface area (Å²) in [5.74, 6) is 0. The van der Waals surface area contributed by atoms with Crippen LogP contribution in [0.4, 0.5) is 10.1 Å². The van der Waals surface area contributed by atoms with Crippen molar-refractivity contribution in [3.8, 4) is 11.3 Å². The van der Waals surface area contributed by atoms with Gasteiger partial charge in [-0.05, 0) is 51.4 Å². The summed E-state index contributed by atoms with van der Waals surface area (Å²) in [6.45, 7) is 6.42. The normalized spacial score (nSPS) is 18.8. The van der Waals surface area contributed by atoms with Crippen molar-refractivity contribution >= 4 is 11.8 Å². The van der Waals surface area contributed by atoms with E-state index < -0.39 is 6.17 Å². The lowest BCUT2D eigenvalue weighted by atomic mass is 10.0. The van der Waals surface area contributed by atoms with E-state index in [1.54, 1.807) is 0 Å². The lowest BCUT2D eigenvalue weighted by Gasteiger charge is -2.29. The number of likely N-dealkylation sites (tertiary alicyclic amines) is 1. The zero-order valence-corrected chi connectivity index (χ0v) is 15.8.